The Morgan fingerprint density at radius 2 is 0.574 bits per heavy atom. The van der Waals surface area contributed by atoms with E-state index in [1.165, 1.54) is 180 Å². The SMILES string of the molecule is CCCCCCCCC/C=C\C=C/CCCCCC(=O)OC(COC(=O)CCCCCCCCCCCC)COC(=O)CCCCCCCCCCCCCCCCCCC. The molecule has 0 aromatic rings. The molecule has 358 valence electrons. The second kappa shape index (κ2) is 50.5. The Bertz CT molecular complexity index is 989. The normalized spacial score (nSPS) is 12.1. The topological polar surface area (TPSA) is 78.9 Å². The standard InChI is InChI=1S/C55H102O6/c1-4-7-10-13-16-19-22-24-26-28-30-31-33-36-39-42-45-48-54(57)60-51-52(50-59-53(56)47-44-41-38-35-21-18-15-12-9-6-3)61-55(58)49-46-43-40-37-34-32-29-27-25-23-20-17-14-11-8-5-2/h27,29,32,34,52H,4-26,28,30-31,33,35-51H2,1-3H3/b29-27-,34-32-. The van der Waals surface area contributed by atoms with Crippen LogP contribution in [0, 0.1) is 0 Å². The Balaban J connectivity index is 4.33. The minimum absolute atomic E-state index is 0.0770. The summed E-state index contributed by atoms with van der Waals surface area (Å²) in [4.78, 5) is 37.9. The van der Waals surface area contributed by atoms with Crippen LogP contribution >= 0.6 is 0 Å². The van der Waals surface area contributed by atoms with Crippen LogP contribution < -0.4 is 0 Å². The summed E-state index contributed by atoms with van der Waals surface area (Å²) in [6.45, 7) is 6.63. The van der Waals surface area contributed by atoms with E-state index < -0.39 is 6.10 Å². The first-order valence-electron chi connectivity index (χ1n) is 26.9. The number of hydrogen-bond acceptors (Lipinski definition) is 6. The van der Waals surface area contributed by atoms with Gasteiger partial charge in [-0.3, -0.25) is 14.4 Å². The summed E-state index contributed by atoms with van der Waals surface area (Å²) >= 11 is 0. The fraction of sp³-hybridized carbons (Fsp3) is 0.873. The highest BCUT2D eigenvalue weighted by Gasteiger charge is 2.19. The van der Waals surface area contributed by atoms with Crippen molar-refractivity contribution in [2.24, 2.45) is 0 Å². The van der Waals surface area contributed by atoms with Gasteiger partial charge in [-0.15, -0.1) is 0 Å². The molecule has 0 fully saturated rings. The lowest BCUT2D eigenvalue weighted by molar-refractivity contribution is -0.167. The summed E-state index contributed by atoms with van der Waals surface area (Å²) in [5, 5.41) is 0. The Morgan fingerprint density at radius 3 is 0.885 bits per heavy atom. The van der Waals surface area contributed by atoms with Crippen LogP contribution in [0.2, 0.25) is 0 Å². The molecule has 0 aliphatic heterocycles. The summed E-state index contributed by atoms with van der Waals surface area (Å²) in [6.07, 6.45) is 57.4. The Labute approximate surface area is 379 Å². The first kappa shape index (κ1) is 58.9. The fourth-order valence-electron chi connectivity index (χ4n) is 7.91. The van der Waals surface area contributed by atoms with Gasteiger partial charge in [-0.25, -0.2) is 0 Å². The van der Waals surface area contributed by atoms with E-state index in [1.807, 2.05) is 0 Å². The molecular formula is C55H102O6. The predicted molar refractivity (Wildman–Crippen MR) is 261 cm³/mol. The number of ether oxygens (including phenoxy) is 3. The first-order valence-corrected chi connectivity index (χ1v) is 26.9. The molecule has 1 atom stereocenters. The largest absolute Gasteiger partial charge is 0.462 e. The van der Waals surface area contributed by atoms with Crippen molar-refractivity contribution in [2.45, 2.75) is 297 Å². The van der Waals surface area contributed by atoms with Crippen LogP contribution in [0.5, 0.6) is 0 Å². The average molecular weight is 859 g/mol. The average Bonchev–Trinajstić information content (AvgIpc) is 3.26. The molecule has 6 nitrogen and oxygen atoms in total. The predicted octanol–water partition coefficient (Wildman–Crippen LogP) is 17.5. The third-order valence-corrected chi connectivity index (χ3v) is 12.0. The van der Waals surface area contributed by atoms with Crippen molar-refractivity contribution in [1.82, 2.24) is 0 Å². The molecule has 0 bridgehead atoms. The van der Waals surface area contributed by atoms with Crippen molar-refractivity contribution in [1.29, 1.82) is 0 Å². The highest BCUT2D eigenvalue weighted by Crippen LogP contribution is 2.16. The van der Waals surface area contributed by atoms with Gasteiger partial charge in [-0.05, 0) is 44.9 Å². The molecule has 6 heteroatoms. The Hall–Kier alpha value is -2.11. The minimum atomic E-state index is -0.778. The number of esters is 3. The molecule has 0 saturated carbocycles. The molecule has 0 aromatic carbocycles. The van der Waals surface area contributed by atoms with E-state index in [0.29, 0.717) is 19.3 Å². The molecule has 0 saturated heterocycles. The van der Waals surface area contributed by atoms with Gasteiger partial charge in [0.05, 0.1) is 0 Å². The maximum absolute atomic E-state index is 12.8. The summed E-state index contributed by atoms with van der Waals surface area (Å²) in [5.74, 6) is -0.889. The van der Waals surface area contributed by atoms with Crippen molar-refractivity contribution in [3.63, 3.8) is 0 Å². The van der Waals surface area contributed by atoms with Crippen LogP contribution in [0.4, 0.5) is 0 Å². The smallest absolute Gasteiger partial charge is 0.306 e. The van der Waals surface area contributed by atoms with Crippen LogP contribution in [-0.4, -0.2) is 37.2 Å². The molecule has 0 rings (SSSR count). The van der Waals surface area contributed by atoms with Gasteiger partial charge in [0.2, 0.25) is 0 Å². The number of allylic oxidation sites excluding steroid dienone is 4. The van der Waals surface area contributed by atoms with Gasteiger partial charge in [0.1, 0.15) is 13.2 Å². The van der Waals surface area contributed by atoms with Crippen LogP contribution in [-0.2, 0) is 28.6 Å². The quantitative estimate of drug-likeness (QED) is 0.0262. The van der Waals surface area contributed by atoms with Crippen LogP contribution in [0.15, 0.2) is 24.3 Å². The van der Waals surface area contributed by atoms with Crippen molar-refractivity contribution in [3.05, 3.63) is 24.3 Å². The van der Waals surface area contributed by atoms with Crippen molar-refractivity contribution in [2.75, 3.05) is 13.2 Å². The van der Waals surface area contributed by atoms with Gasteiger partial charge in [0.15, 0.2) is 6.10 Å². The van der Waals surface area contributed by atoms with Gasteiger partial charge in [0, 0.05) is 19.3 Å². The molecule has 0 heterocycles. The molecule has 0 amide bonds. The molecular weight excluding hydrogens is 757 g/mol. The summed E-state index contributed by atoms with van der Waals surface area (Å²) in [6, 6.07) is 0. The Kier molecular flexibility index (Phi) is 48.8. The lowest BCUT2D eigenvalue weighted by Gasteiger charge is -2.18. The molecule has 0 aliphatic rings. The Morgan fingerprint density at radius 1 is 0.328 bits per heavy atom. The van der Waals surface area contributed by atoms with E-state index in [2.05, 4.69) is 45.1 Å². The first-order chi connectivity index (χ1) is 30.0. The van der Waals surface area contributed by atoms with E-state index in [0.717, 1.165) is 70.6 Å². The summed E-state index contributed by atoms with van der Waals surface area (Å²) in [7, 11) is 0. The minimum Gasteiger partial charge on any atom is -0.462 e. The number of carbonyl (C=O) groups excluding carboxylic acids is 3. The zero-order chi connectivity index (χ0) is 44.4. The third-order valence-electron chi connectivity index (χ3n) is 12.0. The van der Waals surface area contributed by atoms with E-state index in [4.69, 9.17) is 14.2 Å². The van der Waals surface area contributed by atoms with Crippen molar-refractivity contribution in [3.8, 4) is 0 Å². The van der Waals surface area contributed by atoms with Gasteiger partial charge in [-0.1, -0.05) is 251 Å². The van der Waals surface area contributed by atoms with Crippen molar-refractivity contribution < 1.29 is 28.6 Å². The molecule has 61 heavy (non-hydrogen) atoms. The second-order valence-electron chi connectivity index (χ2n) is 18.2. The van der Waals surface area contributed by atoms with Crippen molar-refractivity contribution >= 4 is 17.9 Å². The van der Waals surface area contributed by atoms with E-state index in [1.54, 1.807) is 0 Å². The number of rotatable bonds is 49. The fourth-order valence-corrected chi connectivity index (χ4v) is 7.91. The molecule has 1 unspecified atom stereocenters. The number of unbranched alkanes of at least 4 members (excludes halogenated alkanes) is 35. The maximum Gasteiger partial charge on any atom is 0.306 e. The summed E-state index contributed by atoms with van der Waals surface area (Å²) < 4.78 is 16.8. The summed E-state index contributed by atoms with van der Waals surface area (Å²) in [5.41, 5.74) is 0. The maximum atomic E-state index is 12.8. The molecule has 0 aliphatic carbocycles. The van der Waals surface area contributed by atoms with Crippen LogP contribution in [0.25, 0.3) is 0 Å². The molecule has 0 spiro atoms. The molecule has 0 radical (unpaired) electrons. The van der Waals surface area contributed by atoms with Gasteiger partial charge in [0.25, 0.3) is 0 Å². The molecule has 0 aromatic heterocycles. The zero-order valence-electron chi connectivity index (χ0n) is 40.9. The van der Waals surface area contributed by atoms with Crippen LogP contribution in [0.1, 0.15) is 290 Å². The third kappa shape index (κ3) is 48.8. The monoisotopic (exact) mass is 859 g/mol. The lowest BCUT2D eigenvalue weighted by atomic mass is 10.0. The number of carbonyl (C=O) groups is 3. The van der Waals surface area contributed by atoms with Gasteiger partial charge < -0.3 is 14.2 Å². The van der Waals surface area contributed by atoms with E-state index in [-0.39, 0.29) is 31.1 Å². The van der Waals surface area contributed by atoms with Gasteiger partial charge >= 0.3 is 17.9 Å². The molecule has 0 N–H and O–H groups in total. The van der Waals surface area contributed by atoms with Gasteiger partial charge in [-0.2, -0.15) is 0 Å². The number of hydrogen-bond donors (Lipinski definition) is 0. The zero-order valence-corrected chi connectivity index (χ0v) is 40.9. The van der Waals surface area contributed by atoms with E-state index in [9.17, 15) is 14.4 Å². The lowest BCUT2D eigenvalue weighted by Crippen LogP contribution is -2.30. The second-order valence-corrected chi connectivity index (χ2v) is 18.2. The van der Waals surface area contributed by atoms with Crippen LogP contribution in [0.3, 0.4) is 0 Å². The highest BCUT2D eigenvalue weighted by molar-refractivity contribution is 5.71. The highest BCUT2D eigenvalue weighted by atomic mass is 16.6. The van der Waals surface area contributed by atoms with E-state index >= 15 is 0 Å².